The van der Waals surface area contributed by atoms with Gasteiger partial charge in [0.2, 0.25) is 0 Å². The first-order valence-corrected chi connectivity index (χ1v) is 8.66. The highest BCUT2D eigenvalue weighted by atomic mass is 35.5. The molecule has 0 aliphatic heterocycles. The molecule has 27 heavy (non-hydrogen) atoms. The van der Waals surface area contributed by atoms with Crippen LogP contribution in [0, 0.1) is 6.92 Å². The molecule has 0 fully saturated rings. The molecule has 0 atom stereocenters. The Hall–Kier alpha value is -3.45. The third-order valence-corrected chi connectivity index (χ3v) is 4.75. The van der Waals surface area contributed by atoms with Crippen LogP contribution < -0.4 is 5.56 Å². The van der Waals surface area contributed by atoms with Gasteiger partial charge in [0.25, 0.3) is 5.56 Å². The second kappa shape index (κ2) is 5.78. The standard InChI is InChI=1S/C19H13ClN6O/c1-10-18(15-5-3-13(20)9-21-15)19-23-16(7-17(27)26(19)25-10)11-2-4-14-12(6-11)8-22-24-14/h2-9,23H,1H3,(H,22,24). The van der Waals surface area contributed by atoms with Gasteiger partial charge in [-0.2, -0.15) is 14.7 Å². The van der Waals surface area contributed by atoms with E-state index in [4.69, 9.17) is 11.6 Å². The number of aromatic amines is 2. The summed E-state index contributed by atoms with van der Waals surface area (Å²) in [4.78, 5) is 20.4. The second-order valence-corrected chi connectivity index (χ2v) is 6.71. The Balaban J connectivity index is 1.77. The molecule has 7 nitrogen and oxygen atoms in total. The van der Waals surface area contributed by atoms with Crippen LogP contribution in [0.1, 0.15) is 5.69 Å². The normalized spacial score (nSPS) is 11.5. The SMILES string of the molecule is Cc1nn2c(=O)cc(-c3ccc4[nH]ncc4c3)[nH]c2c1-c1ccc(Cl)cn1. The number of nitrogens with zero attached hydrogens (tertiary/aromatic N) is 4. The summed E-state index contributed by atoms with van der Waals surface area (Å²) < 4.78 is 1.36. The van der Waals surface area contributed by atoms with Crippen LogP contribution in [-0.4, -0.2) is 29.8 Å². The third-order valence-electron chi connectivity index (χ3n) is 4.52. The first-order valence-electron chi connectivity index (χ1n) is 8.28. The van der Waals surface area contributed by atoms with E-state index in [0.717, 1.165) is 22.0 Å². The monoisotopic (exact) mass is 376 g/mol. The Bertz CT molecular complexity index is 1360. The zero-order valence-electron chi connectivity index (χ0n) is 14.2. The van der Waals surface area contributed by atoms with Crippen LogP contribution in [0.4, 0.5) is 0 Å². The fraction of sp³-hybridized carbons (Fsp3) is 0.0526. The molecule has 0 saturated heterocycles. The van der Waals surface area contributed by atoms with Gasteiger partial charge in [-0.25, -0.2) is 0 Å². The number of hydrogen-bond acceptors (Lipinski definition) is 4. The van der Waals surface area contributed by atoms with Crippen LogP contribution in [0.3, 0.4) is 0 Å². The van der Waals surface area contributed by atoms with Gasteiger partial charge in [0.15, 0.2) is 0 Å². The highest BCUT2D eigenvalue weighted by molar-refractivity contribution is 6.30. The van der Waals surface area contributed by atoms with Crippen LogP contribution in [-0.2, 0) is 0 Å². The number of aromatic nitrogens is 6. The largest absolute Gasteiger partial charge is 0.339 e. The number of halogens is 1. The summed E-state index contributed by atoms with van der Waals surface area (Å²) in [6, 6.07) is 11.0. The Morgan fingerprint density at radius 3 is 2.81 bits per heavy atom. The summed E-state index contributed by atoms with van der Waals surface area (Å²) in [5.74, 6) is 0. The minimum atomic E-state index is -0.214. The second-order valence-electron chi connectivity index (χ2n) is 6.28. The predicted octanol–water partition coefficient (Wildman–Crippen LogP) is 3.59. The third kappa shape index (κ3) is 2.51. The summed E-state index contributed by atoms with van der Waals surface area (Å²) in [5.41, 5.74) is 5.09. The smallest absolute Gasteiger partial charge is 0.274 e. The van der Waals surface area contributed by atoms with Crippen LogP contribution in [0.25, 0.3) is 39.1 Å². The Morgan fingerprint density at radius 1 is 1.11 bits per heavy atom. The number of rotatable bonds is 2. The number of aryl methyl sites for hydroxylation is 1. The molecule has 0 spiro atoms. The average molecular weight is 377 g/mol. The number of nitrogens with one attached hydrogen (secondary N) is 2. The van der Waals surface area contributed by atoms with Crippen molar-refractivity contribution in [3.63, 3.8) is 0 Å². The van der Waals surface area contributed by atoms with Crippen molar-refractivity contribution in [3.05, 3.63) is 69.9 Å². The first kappa shape index (κ1) is 15.8. The number of fused-ring (bicyclic) bond motifs is 2. The average Bonchev–Trinajstić information content (AvgIpc) is 3.26. The molecule has 8 heteroatoms. The molecular formula is C19H13ClN6O. The summed E-state index contributed by atoms with van der Waals surface area (Å²) in [5, 5.41) is 12.9. The lowest BCUT2D eigenvalue weighted by molar-refractivity contribution is 0.882. The minimum Gasteiger partial charge on any atom is -0.339 e. The van der Waals surface area contributed by atoms with E-state index in [0.29, 0.717) is 27.8 Å². The Kier molecular flexibility index (Phi) is 3.38. The molecule has 2 N–H and O–H groups in total. The lowest BCUT2D eigenvalue weighted by atomic mass is 10.1. The zero-order chi connectivity index (χ0) is 18.5. The summed E-state index contributed by atoms with van der Waals surface area (Å²) in [6.45, 7) is 1.85. The Morgan fingerprint density at radius 2 is 2.00 bits per heavy atom. The maximum absolute atomic E-state index is 12.7. The van der Waals surface area contributed by atoms with E-state index >= 15 is 0 Å². The molecule has 0 bridgehead atoms. The summed E-state index contributed by atoms with van der Waals surface area (Å²) >= 11 is 5.95. The van der Waals surface area contributed by atoms with Crippen molar-refractivity contribution in [2.24, 2.45) is 0 Å². The van der Waals surface area contributed by atoms with Gasteiger partial charge in [0.1, 0.15) is 5.65 Å². The van der Waals surface area contributed by atoms with Crippen molar-refractivity contribution in [1.29, 1.82) is 0 Å². The highest BCUT2D eigenvalue weighted by Crippen LogP contribution is 2.28. The fourth-order valence-corrected chi connectivity index (χ4v) is 3.36. The number of pyridine rings is 1. The predicted molar refractivity (Wildman–Crippen MR) is 104 cm³/mol. The van der Waals surface area contributed by atoms with Gasteiger partial charge in [-0.1, -0.05) is 17.7 Å². The Labute approximate surface area is 157 Å². The molecule has 0 aliphatic rings. The van der Waals surface area contributed by atoms with Crippen molar-refractivity contribution in [2.75, 3.05) is 0 Å². The molecular weight excluding hydrogens is 364 g/mol. The van der Waals surface area contributed by atoms with Crippen molar-refractivity contribution >= 4 is 28.2 Å². The lowest BCUT2D eigenvalue weighted by Gasteiger charge is -2.05. The molecule has 132 valence electrons. The highest BCUT2D eigenvalue weighted by Gasteiger charge is 2.16. The topological polar surface area (TPSA) is 91.7 Å². The van der Waals surface area contributed by atoms with Gasteiger partial charge >= 0.3 is 0 Å². The summed E-state index contributed by atoms with van der Waals surface area (Å²) in [6.07, 6.45) is 3.33. The molecule has 0 radical (unpaired) electrons. The molecule has 0 saturated carbocycles. The quantitative estimate of drug-likeness (QED) is 0.492. The van der Waals surface area contributed by atoms with E-state index in [-0.39, 0.29) is 5.56 Å². The van der Waals surface area contributed by atoms with Gasteiger partial charge in [-0.3, -0.25) is 14.9 Å². The van der Waals surface area contributed by atoms with Crippen molar-refractivity contribution in [2.45, 2.75) is 6.92 Å². The van der Waals surface area contributed by atoms with Crippen molar-refractivity contribution < 1.29 is 0 Å². The van der Waals surface area contributed by atoms with Gasteiger partial charge in [-0.15, -0.1) is 0 Å². The van der Waals surface area contributed by atoms with Crippen LogP contribution in [0.2, 0.25) is 5.02 Å². The maximum atomic E-state index is 12.7. The molecule has 4 heterocycles. The zero-order valence-corrected chi connectivity index (χ0v) is 14.9. The van der Waals surface area contributed by atoms with Gasteiger partial charge in [-0.05, 0) is 36.8 Å². The maximum Gasteiger partial charge on any atom is 0.274 e. The van der Waals surface area contributed by atoms with Crippen LogP contribution >= 0.6 is 11.6 Å². The summed E-state index contributed by atoms with van der Waals surface area (Å²) in [7, 11) is 0. The minimum absolute atomic E-state index is 0.214. The number of hydrogen-bond donors (Lipinski definition) is 2. The van der Waals surface area contributed by atoms with E-state index in [9.17, 15) is 4.79 Å². The molecule has 5 rings (SSSR count). The molecule has 0 unspecified atom stereocenters. The number of benzene rings is 1. The van der Waals surface area contributed by atoms with Crippen LogP contribution in [0.5, 0.6) is 0 Å². The molecule has 4 aromatic heterocycles. The molecule has 0 aliphatic carbocycles. The van der Waals surface area contributed by atoms with Gasteiger partial charge < -0.3 is 4.98 Å². The molecule has 1 aromatic carbocycles. The van der Waals surface area contributed by atoms with E-state index in [2.05, 4.69) is 25.3 Å². The van der Waals surface area contributed by atoms with E-state index < -0.39 is 0 Å². The first-order chi connectivity index (χ1) is 13.1. The van der Waals surface area contributed by atoms with E-state index in [1.807, 2.05) is 31.2 Å². The van der Waals surface area contributed by atoms with E-state index in [1.165, 1.54) is 4.52 Å². The number of H-pyrrole nitrogens is 2. The molecule has 0 amide bonds. The lowest BCUT2D eigenvalue weighted by Crippen LogP contribution is -2.14. The van der Waals surface area contributed by atoms with Crippen molar-refractivity contribution in [1.82, 2.24) is 29.8 Å². The van der Waals surface area contributed by atoms with Gasteiger partial charge in [0, 0.05) is 17.6 Å². The van der Waals surface area contributed by atoms with Gasteiger partial charge in [0.05, 0.1) is 39.4 Å². The van der Waals surface area contributed by atoms with Crippen molar-refractivity contribution in [3.8, 4) is 22.5 Å². The van der Waals surface area contributed by atoms with Crippen LogP contribution in [0.15, 0.2) is 53.6 Å². The fourth-order valence-electron chi connectivity index (χ4n) is 3.25. The van der Waals surface area contributed by atoms with E-state index in [1.54, 1.807) is 24.5 Å². The molecule has 5 aromatic rings.